The molecule has 5 heteroatoms. The molecule has 1 atom stereocenters. The first-order chi connectivity index (χ1) is 8.04. The van der Waals surface area contributed by atoms with Crippen LogP contribution in [0.3, 0.4) is 0 Å². The molecule has 1 amide bonds. The van der Waals surface area contributed by atoms with E-state index in [1.807, 2.05) is 19.1 Å². The maximum absolute atomic E-state index is 11.7. The van der Waals surface area contributed by atoms with Gasteiger partial charge in [-0.05, 0) is 31.0 Å². The monoisotopic (exact) mass is 234 g/mol. The van der Waals surface area contributed by atoms with Gasteiger partial charge in [0.2, 0.25) is 5.91 Å². The van der Waals surface area contributed by atoms with Crippen LogP contribution in [-0.2, 0) is 4.79 Å². The molecule has 2 aromatic rings. The normalized spacial score (nSPS) is 12.8. The fraction of sp³-hybridized carbons (Fsp3) is 0.333. The second kappa shape index (κ2) is 4.08. The van der Waals surface area contributed by atoms with Gasteiger partial charge in [0.05, 0.1) is 5.52 Å². The summed E-state index contributed by atoms with van der Waals surface area (Å²) in [5, 5.41) is 0. The van der Waals surface area contributed by atoms with Crippen molar-refractivity contribution >= 4 is 17.0 Å². The van der Waals surface area contributed by atoms with Crippen LogP contribution >= 0.6 is 0 Å². The summed E-state index contributed by atoms with van der Waals surface area (Å²) in [6, 6.07) is 4.72. The Morgan fingerprint density at radius 3 is 2.82 bits per heavy atom. The van der Waals surface area contributed by atoms with Crippen molar-refractivity contribution in [1.82, 2.24) is 4.57 Å². The van der Waals surface area contributed by atoms with Crippen LogP contribution in [0.15, 0.2) is 27.4 Å². The third-order valence-electron chi connectivity index (χ3n) is 2.79. The van der Waals surface area contributed by atoms with Gasteiger partial charge >= 0.3 is 5.76 Å². The Morgan fingerprint density at radius 1 is 1.53 bits per heavy atom. The number of nitrogens with two attached hydrogens (primary N) is 1. The van der Waals surface area contributed by atoms with Crippen LogP contribution in [0, 0.1) is 6.92 Å². The zero-order chi connectivity index (χ0) is 12.6. The number of aryl methyl sites for hydroxylation is 1. The Morgan fingerprint density at radius 2 is 2.24 bits per heavy atom. The van der Waals surface area contributed by atoms with Crippen LogP contribution in [-0.4, -0.2) is 10.5 Å². The number of benzene rings is 1. The van der Waals surface area contributed by atoms with Crippen molar-refractivity contribution in [3.63, 3.8) is 0 Å². The van der Waals surface area contributed by atoms with Crippen LogP contribution in [0.1, 0.15) is 24.9 Å². The number of nitrogens with zero attached hydrogens (tertiary/aromatic N) is 1. The van der Waals surface area contributed by atoms with Crippen molar-refractivity contribution in [3.05, 3.63) is 34.3 Å². The molecule has 0 aliphatic rings. The Kier molecular flexibility index (Phi) is 2.75. The molecule has 0 radical (unpaired) electrons. The summed E-state index contributed by atoms with van der Waals surface area (Å²) in [6.07, 6.45) is 0.456. The number of primary amides is 1. The third-order valence-corrected chi connectivity index (χ3v) is 2.79. The number of carbonyl (C=O) groups is 1. The van der Waals surface area contributed by atoms with Crippen LogP contribution < -0.4 is 11.5 Å². The van der Waals surface area contributed by atoms with E-state index in [1.54, 1.807) is 13.0 Å². The lowest BCUT2D eigenvalue weighted by molar-refractivity contribution is -0.121. The minimum absolute atomic E-state index is 0.456. The van der Waals surface area contributed by atoms with Gasteiger partial charge in [-0.1, -0.05) is 13.0 Å². The summed E-state index contributed by atoms with van der Waals surface area (Å²) in [6.45, 7) is 3.71. The molecule has 0 bridgehead atoms. The van der Waals surface area contributed by atoms with Crippen molar-refractivity contribution in [2.75, 3.05) is 0 Å². The molecule has 2 N–H and O–H groups in total. The molecule has 1 aromatic heterocycles. The fourth-order valence-corrected chi connectivity index (χ4v) is 1.95. The molecule has 0 fully saturated rings. The summed E-state index contributed by atoms with van der Waals surface area (Å²) in [7, 11) is 0. The van der Waals surface area contributed by atoms with Gasteiger partial charge in [0.15, 0.2) is 5.58 Å². The number of hydrogen-bond donors (Lipinski definition) is 1. The molecule has 1 unspecified atom stereocenters. The molecule has 0 spiro atoms. The lowest BCUT2D eigenvalue weighted by Crippen LogP contribution is -2.31. The van der Waals surface area contributed by atoms with Gasteiger partial charge in [-0.3, -0.25) is 9.36 Å². The van der Waals surface area contributed by atoms with Gasteiger partial charge in [0.25, 0.3) is 0 Å². The zero-order valence-electron chi connectivity index (χ0n) is 9.77. The first kappa shape index (κ1) is 11.4. The van der Waals surface area contributed by atoms with Crippen molar-refractivity contribution in [2.24, 2.45) is 5.73 Å². The number of amides is 1. The molecule has 1 aromatic carbocycles. The summed E-state index contributed by atoms with van der Waals surface area (Å²) in [4.78, 5) is 23.1. The highest BCUT2D eigenvalue weighted by Gasteiger charge is 2.21. The van der Waals surface area contributed by atoms with Gasteiger partial charge in [-0.25, -0.2) is 4.79 Å². The zero-order valence-corrected chi connectivity index (χ0v) is 9.77. The first-order valence-electron chi connectivity index (χ1n) is 5.45. The van der Waals surface area contributed by atoms with Crippen LogP contribution in [0.4, 0.5) is 0 Å². The van der Waals surface area contributed by atoms with Crippen molar-refractivity contribution in [1.29, 1.82) is 0 Å². The van der Waals surface area contributed by atoms with Crippen LogP contribution in [0.2, 0.25) is 0 Å². The van der Waals surface area contributed by atoms with E-state index in [2.05, 4.69) is 0 Å². The summed E-state index contributed by atoms with van der Waals surface area (Å²) >= 11 is 0. The number of rotatable bonds is 3. The molecule has 0 saturated heterocycles. The van der Waals surface area contributed by atoms with Gasteiger partial charge in [0, 0.05) is 0 Å². The van der Waals surface area contributed by atoms with Gasteiger partial charge in [-0.2, -0.15) is 0 Å². The quantitative estimate of drug-likeness (QED) is 0.870. The highest BCUT2D eigenvalue weighted by Crippen LogP contribution is 2.20. The third kappa shape index (κ3) is 1.84. The van der Waals surface area contributed by atoms with E-state index in [1.165, 1.54) is 4.57 Å². The molecule has 0 saturated carbocycles. The van der Waals surface area contributed by atoms with E-state index < -0.39 is 17.7 Å². The lowest BCUT2D eigenvalue weighted by Gasteiger charge is -2.11. The highest BCUT2D eigenvalue weighted by molar-refractivity contribution is 5.82. The second-order valence-corrected chi connectivity index (χ2v) is 4.04. The van der Waals surface area contributed by atoms with Gasteiger partial charge in [0.1, 0.15) is 6.04 Å². The van der Waals surface area contributed by atoms with E-state index >= 15 is 0 Å². The number of fused-ring (bicyclic) bond motifs is 1. The molecule has 90 valence electrons. The van der Waals surface area contributed by atoms with Crippen molar-refractivity contribution in [3.8, 4) is 0 Å². The smallest absolute Gasteiger partial charge is 0.408 e. The largest absolute Gasteiger partial charge is 0.420 e. The Balaban J connectivity index is 2.75. The van der Waals surface area contributed by atoms with Crippen molar-refractivity contribution in [2.45, 2.75) is 26.3 Å². The standard InChI is InChI=1S/C12H14N2O3/c1-3-8(11(13)15)14-9-6-7(2)4-5-10(9)17-12(14)16/h4-6,8H,3H2,1-2H3,(H2,13,15). The predicted molar refractivity (Wildman–Crippen MR) is 63.7 cm³/mol. The molecule has 0 aliphatic heterocycles. The highest BCUT2D eigenvalue weighted by atomic mass is 16.4. The number of carbonyl (C=O) groups excluding carboxylic acids is 1. The topological polar surface area (TPSA) is 78.2 Å². The average Bonchev–Trinajstić information content (AvgIpc) is 2.56. The molecule has 0 aliphatic carbocycles. The minimum Gasteiger partial charge on any atom is -0.408 e. The lowest BCUT2D eigenvalue weighted by atomic mass is 10.2. The maximum Gasteiger partial charge on any atom is 0.420 e. The number of hydrogen-bond acceptors (Lipinski definition) is 3. The molecule has 2 rings (SSSR count). The second-order valence-electron chi connectivity index (χ2n) is 4.04. The van der Waals surface area contributed by atoms with E-state index in [0.717, 1.165) is 5.56 Å². The maximum atomic E-state index is 11.7. The van der Waals surface area contributed by atoms with Gasteiger partial charge in [-0.15, -0.1) is 0 Å². The minimum atomic E-state index is -0.662. The van der Waals surface area contributed by atoms with E-state index in [9.17, 15) is 9.59 Å². The predicted octanol–water partition coefficient (Wildman–Crippen LogP) is 1.34. The molecule has 5 nitrogen and oxygen atoms in total. The molecule has 1 heterocycles. The Labute approximate surface area is 97.8 Å². The summed E-state index contributed by atoms with van der Waals surface area (Å²) < 4.78 is 6.41. The SMILES string of the molecule is CCC(C(N)=O)n1c(=O)oc2ccc(C)cc21. The molecular weight excluding hydrogens is 220 g/mol. The summed E-state index contributed by atoms with van der Waals surface area (Å²) in [5.41, 5.74) is 7.37. The number of aromatic nitrogens is 1. The molecule has 17 heavy (non-hydrogen) atoms. The van der Waals surface area contributed by atoms with Crippen LogP contribution in [0.25, 0.3) is 11.1 Å². The van der Waals surface area contributed by atoms with E-state index in [-0.39, 0.29) is 0 Å². The average molecular weight is 234 g/mol. The van der Waals surface area contributed by atoms with E-state index in [0.29, 0.717) is 17.5 Å². The Hall–Kier alpha value is -2.04. The van der Waals surface area contributed by atoms with Crippen molar-refractivity contribution < 1.29 is 9.21 Å². The fourth-order valence-electron chi connectivity index (χ4n) is 1.95. The Bertz CT molecular complexity index is 624. The first-order valence-corrected chi connectivity index (χ1v) is 5.45. The molecular formula is C12H14N2O3. The van der Waals surface area contributed by atoms with Gasteiger partial charge < -0.3 is 10.2 Å². The van der Waals surface area contributed by atoms with Crippen LogP contribution in [0.5, 0.6) is 0 Å². The number of oxazole rings is 1. The summed E-state index contributed by atoms with van der Waals surface area (Å²) in [5.74, 6) is -1.07. The van der Waals surface area contributed by atoms with E-state index in [4.69, 9.17) is 10.2 Å².